The van der Waals surface area contributed by atoms with Crippen molar-refractivity contribution in [1.82, 2.24) is 0 Å². The first-order valence-electron chi connectivity index (χ1n) is 4.87. The molecule has 2 aromatic rings. The molecule has 0 amide bonds. The van der Waals surface area contributed by atoms with Crippen molar-refractivity contribution in [1.29, 1.82) is 0 Å². The summed E-state index contributed by atoms with van der Waals surface area (Å²) in [4.78, 5) is 0. The smallest absolute Gasteiger partial charge is 0.216 e. The Bertz CT molecular complexity index is 491. The van der Waals surface area contributed by atoms with E-state index in [-0.39, 0.29) is 0 Å². The molecule has 0 aliphatic heterocycles. The normalized spacial score (nSPS) is 11.4. The Labute approximate surface area is 99.0 Å². The maximum atomic E-state index is 11.7. The Balaban J connectivity index is 2.28. The first-order valence-corrected chi connectivity index (χ1v) is 5.25. The van der Waals surface area contributed by atoms with E-state index in [9.17, 15) is 5.21 Å². The lowest BCUT2D eigenvalue weighted by atomic mass is 10.2. The Kier molecular flexibility index (Phi) is 3.22. The van der Waals surface area contributed by atoms with E-state index in [0.717, 1.165) is 10.3 Å². The van der Waals surface area contributed by atoms with Gasteiger partial charge in [-0.3, -0.25) is 0 Å². The Morgan fingerprint density at radius 3 is 2.19 bits per heavy atom. The van der Waals surface area contributed by atoms with Crippen LogP contribution in [-0.2, 0) is 0 Å². The molecule has 0 radical (unpaired) electrons. The molecule has 16 heavy (non-hydrogen) atoms. The number of hydrogen-bond acceptors (Lipinski definition) is 1. The van der Waals surface area contributed by atoms with E-state index in [4.69, 9.17) is 11.6 Å². The third-order valence-electron chi connectivity index (χ3n) is 2.15. The van der Waals surface area contributed by atoms with Gasteiger partial charge in [0.1, 0.15) is 0 Å². The summed E-state index contributed by atoms with van der Waals surface area (Å²) >= 11 is 5.76. The van der Waals surface area contributed by atoms with E-state index >= 15 is 0 Å². The second-order valence-corrected chi connectivity index (χ2v) is 3.78. The van der Waals surface area contributed by atoms with Crippen LogP contribution < -0.4 is 0 Å². The maximum absolute atomic E-state index is 11.7. The zero-order chi connectivity index (χ0) is 11.4. The molecular formula is C13H10ClNO. The van der Waals surface area contributed by atoms with Crippen LogP contribution in [0.2, 0.25) is 5.02 Å². The molecule has 0 bridgehead atoms. The van der Waals surface area contributed by atoms with Crippen molar-refractivity contribution in [2.45, 2.75) is 0 Å². The van der Waals surface area contributed by atoms with E-state index in [1.807, 2.05) is 18.2 Å². The highest BCUT2D eigenvalue weighted by atomic mass is 35.5. The van der Waals surface area contributed by atoms with Gasteiger partial charge in [0.25, 0.3) is 0 Å². The number of rotatable bonds is 2. The van der Waals surface area contributed by atoms with Crippen molar-refractivity contribution >= 4 is 23.5 Å². The van der Waals surface area contributed by atoms with Crippen LogP contribution in [-0.4, -0.2) is 11.0 Å². The van der Waals surface area contributed by atoms with Crippen LogP contribution in [0.25, 0.3) is 0 Å². The van der Waals surface area contributed by atoms with Crippen molar-refractivity contribution < 1.29 is 4.74 Å². The zero-order valence-corrected chi connectivity index (χ0v) is 9.26. The van der Waals surface area contributed by atoms with Crippen LogP contribution in [0.3, 0.4) is 0 Å². The van der Waals surface area contributed by atoms with Gasteiger partial charge >= 0.3 is 0 Å². The zero-order valence-electron chi connectivity index (χ0n) is 8.51. The van der Waals surface area contributed by atoms with Crippen LogP contribution in [0.15, 0.2) is 54.6 Å². The van der Waals surface area contributed by atoms with Gasteiger partial charge in [-0.05, 0) is 24.3 Å². The standard InChI is InChI=1S/C13H10ClNO/c14-12-8-6-11(7-9-12)10-15(16)13-4-2-1-3-5-13/h1-10H/b15-10-. The molecule has 0 N–H and O–H groups in total. The van der Waals surface area contributed by atoms with Gasteiger partial charge in [0.05, 0.1) is 0 Å². The monoisotopic (exact) mass is 231 g/mol. The highest BCUT2D eigenvalue weighted by molar-refractivity contribution is 6.30. The number of benzene rings is 2. The average Bonchev–Trinajstić information content (AvgIpc) is 2.33. The molecule has 0 spiro atoms. The molecule has 0 unspecified atom stereocenters. The topological polar surface area (TPSA) is 26.1 Å². The molecule has 2 nitrogen and oxygen atoms in total. The molecule has 0 aliphatic rings. The summed E-state index contributed by atoms with van der Waals surface area (Å²) in [5.74, 6) is 0. The second-order valence-electron chi connectivity index (χ2n) is 3.34. The van der Waals surface area contributed by atoms with Gasteiger partial charge in [-0.1, -0.05) is 29.8 Å². The maximum Gasteiger partial charge on any atom is 0.216 e. The van der Waals surface area contributed by atoms with Gasteiger partial charge in [-0.25, -0.2) is 0 Å². The fourth-order valence-corrected chi connectivity index (χ4v) is 1.46. The van der Waals surface area contributed by atoms with Gasteiger partial charge in [-0.2, -0.15) is 4.74 Å². The summed E-state index contributed by atoms with van der Waals surface area (Å²) in [6.45, 7) is 0. The predicted octanol–water partition coefficient (Wildman–Crippen LogP) is 3.60. The summed E-state index contributed by atoms with van der Waals surface area (Å²) in [5.41, 5.74) is 1.43. The third kappa shape index (κ3) is 2.61. The summed E-state index contributed by atoms with van der Waals surface area (Å²) in [6, 6.07) is 16.2. The van der Waals surface area contributed by atoms with E-state index in [0.29, 0.717) is 10.7 Å². The fraction of sp³-hybridized carbons (Fsp3) is 0. The Morgan fingerprint density at radius 1 is 0.938 bits per heavy atom. The van der Waals surface area contributed by atoms with Gasteiger partial charge in [0.2, 0.25) is 5.69 Å². The molecule has 0 aliphatic carbocycles. The first-order chi connectivity index (χ1) is 7.75. The quantitative estimate of drug-likeness (QED) is 0.336. The van der Waals surface area contributed by atoms with Crippen molar-refractivity contribution in [2.24, 2.45) is 0 Å². The summed E-state index contributed by atoms with van der Waals surface area (Å²) in [7, 11) is 0. The number of para-hydroxylation sites is 1. The fourth-order valence-electron chi connectivity index (χ4n) is 1.33. The van der Waals surface area contributed by atoms with E-state index < -0.39 is 0 Å². The number of hydrogen-bond donors (Lipinski definition) is 0. The SMILES string of the molecule is [O-]/[N+](=C\c1ccc(Cl)cc1)c1ccccc1. The van der Waals surface area contributed by atoms with Crippen LogP contribution in [0, 0.1) is 5.21 Å². The third-order valence-corrected chi connectivity index (χ3v) is 2.40. The first kappa shape index (κ1) is 10.7. The summed E-state index contributed by atoms with van der Waals surface area (Å²) in [6.07, 6.45) is 1.52. The molecular weight excluding hydrogens is 222 g/mol. The molecule has 0 atom stereocenters. The second kappa shape index (κ2) is 4.81. The van der Waals surface area contributed by atoms with Gasteiger partial charge in [0, 0.05) is 22.7 Å². The summed E-state index contributed by atoms with van der Waals surface area (Å²) < 4.78 is 0.837. The predicted molar refractivity (Wildman–Crippen MR) is 66.3 cm³/mol. The average molecular weight is 232 g/mol. The molecule has 2 aromatic carbocycles. The summed E-state index contributed by atoms with van der Waals surface area (Å²) in [5, 5.41) is 12.4. The number of nitrogens with zero attached hydrogens (tertiary/aromatic N) is 1. The van der Waals surface area contributed by atoms with Crippen LogP contribution in [0.5, 0.6) is 0 Å². The van der Waals surface area contributed by atoms with E-state index in [2.05, 4.69) is 0 Å². The molecule has 2 rings (SSSR count). The van der Waals surface area contributed by atoms with E-state index in [1.54, 1.807) is 36.4 Å². The molecule has 0 heterocycles. The van der Waals surface area contributed by atoms with Crippen LogP contribution in [0.4, 0.5) is 5.69 Å². The number of halogens is 1. The molecule has 0 saturated heterocycles. The minimum atomic E-state index is 0.609. The minimum absolute atomic E-state index is 0.609. The van der Waals surface area contributed by atoms with Gasteiger partial charge < -0.3 is 5.21 Å². The van der Waals surface area contributed by atoms with Gasteiger partial charge in [-0.15, -0.1) is 0 Å². The highest BCUT2D eigenvalue weighted by Crippen LogP contribution is 2.11. The molecule has 0 saturated carbocycles. The lowest BCUT2D eigenvalue weighted by molar-refractivity contribution is -0.354. The lowest BCUT2D eigenvalue weighted by Gasteiger charge is -2.02. The van der Waals surface area contributed by atoms with Crippen molar-refractivity contribution in [3.8, 4) is 0 Å². The Hall–Kier alpha value is -1.80. The van der Waals surface area contributed by atoms with Crippen molar-refractivity contribution in [3.05, 3.63) is 70.4 Å². The lowest BCUT2D eigenvalue weighted by Crippen LogP contribution is -1.98. The minimum Gasteiger partial charge on any atom is -0.618 e. The highest BCUT2D eigenvalue weighted by Gasteiger charge is 1.99. The molecule has 80 valence electrons. The van der Waals surface area contributed by atoms with Crippen LogP contribution in [0.1, 0.15) is 5.56 Å². The Morgan fingerprint density at radius 2 is 1.56 bits per heavy atom. The molecule has 0 aromatic heterocycles. The molecule has 0 fully saturated rings. The van der Waals surface area contributed by atoms with Crippen molar-refractivity contribution in [3.63, 3.8) is 0 Å². The molecule has 3 heteroatoms. The van der Waals surface area contributed by atoms with Gasteiger partial charge in [0.15, 0.2) is 6.21 Å². The van der Waals surface area contributed by atoms with E-state index in [1.165, 1.54) is 6.21 Å². The largest absolute Gasteiger partial charge is 0.618 e. The van der Waals surface area contributed by atoms with Crippen molar-refractivity contribution in [2.75, 3.05) is 0 Å². The van der Waals surface area contributed by atoms with Crippen LogP contribution >= 0.6 is 11.6 Å².